The van der Waals surface area contributed by atoms with E-state index in [0.717, 1.165) is 32.2 Å². The first kappa shape index (κ1) is 10.5. The van der Waals surface area contributed by atoms with Crippen LogP contribution in [-0.4, -0.2) is 24.4 Å². The van der Waals surface area contributed by atoms with Crippen LogP contribution in [0.1, 0.15) is 32.1 Å². The van der Waals surface area contributed by atoms with Gasteiger partial charge in [0, 0.05) is 13.6 Å². The monoisotopic (exact) mass is 206 g/mol. The number of nitriles is 1. The van der Waals surface area contributed by atoms with Crippen molar-refractivity contribution >= 4 is 5.91 Å². The summed E-state index contributed by atoms with van der Waals surface area (Å²) in [5.41, 5.74) is 0. The molecule has 1 aliphatic carbocycles. The average Bonchev–Trinajstić information content (AvgIpc) is 2.16. The van der Waals surface area contributed by atoms with Gasteiger partial charge in [-0.1, -0.05) is 6.42 Å². The van der Waals surface area contributed by atoms with Gasteiger partial charge in [-0.25, -0.2) is 0 Å². The molecule has 2 fully saturated rings. The molecule has 0 spiro atoms. The molecule has 3 nitrogen and oxygen atoms in total. The Hall–Kier alpha value is -1.04. The van der Waals surface area contributed by atoms with Crippen molar-refractivity contribution in [3.63, 3.8) is 0 Å². The normalized spacial score (nSPS) is 29.5. The molecule has 1 aliphatic heterocycles. The average molecular weight is 206 g/mol. The summed E-state index contributed by atoms with van der Waals surface area (Å²) in [6.45, 7) is 0.859. The zero-order chi connectivity index (χ0) is 10.8. The topological polar surface area (TPSA) is 44.1 Å². The van der Waals surface area contributed by atoms with Crippen molar-refractivity contribution in [3.05, 3.63) is 0 Å². The molecule has 1 heterocycles. The first-order valence-corrected chi connectivity index (χ1v) is 5.88. The minimum Gasteiger partial charge on any atom is -0.345 e. The van der Waals surface area contributed by atoms with Crippen LogP contribution in [-0.2, 0) is 4.79 Å². The number of piperidine rings is 1. The number of rotatable bonds is 2. The Morgan fingerprint density at radius 2 is 2.13 bits per heavy atom. The highest BCUT2D eigenvalue weighted by Crippen LogP contribution is 2.39. The summed E-state index contributed by atoms with van der Waals surface area (Å²) < 4.78 is 0. The lowest BCUT2D eigenvalue weighted by molar-refractivity contribution is -0.139. The maximum absolute atomic E-state index is 11.9. The van der Waals surface area contributed by atoms with Crippen molar-refractivity contribution in [1.82, 2.24) is 4.90 Å². The Morgan fingerprint density at radius 1 is 1.40 bits per heavy atom. The number of nitrogens with zero attached hydrogens (tertiary/aromatic N) is 2. The summed E-state index contributed by atoms with van der Waals surface area (Å²) in [5.74, 6) is 0.656. The second-order valence-corrected chi connectivity index (χ2v) is 4.85. The summed E-state index contributed by atoms with van der Waals surface area (Å²) in [6.07, 6.45) is 5.49. The third-order valence-electron chi connectivity index (χ3n) is 3.94. The first-order valence-electron chi connectivity index (χ1n) is 5.88. The van der Waals surface area contributed by atoms with Gasteiger partial charge in [-0.2, -0.15) is 5.26 Å². The zero-order valence-electron chi connectivity index (χ0n) is 9.28. The number of carbonyl (C=O) groups is 1. The molecule has 0 bridgehead atoms. The van der Waals surface area contributed by atoms with E-state index in [-0.39, 0.29) is 17.7 Å². The first-order chi connectivity index (χ1) is 7.24. The van der Waals surface area contributed by atoms with Gasteiger partial charge in [-0.3, -0.25) is 4.79 Å². The summed E-state index contributed by atoms with van der Waals surface area (Å²) in [6, 6.07) is 2.38. The van der Waals surface area contributed by atoms with Crippen molar-refractivity contribution in [2.24, 2.45) is 17.8 Å². The Morgan fingerprint density at radius 3 is 2.67 bits per heavy atom. The summed E-state index contributed by atoms with van der Waals surface area (Å²) >= 11 is 0. The maximum Gasteiger partial charge on any atom is 0.226 e. The van der Waals surface area contributed by atoms with Gasteiger partial charge in [0.25, 0.3) is 0 Å². The quantitative estimate of drug-likeness (QED) is 0.691. The molecule has 3 heteroatoms. The van der Waals surface area contributed by atoms with Gasteiger partial charge in [0.1, 0.15) is 0 Å². The summed E-state index contributed by atoms with van der Waals surface area (Å²) in [7, 11) is 1.85. The highest BCUT2D eigenvalue weighted by Gasteiger charge is 2.39. The van der Waals surface area contributed by atoms with E-state index in [2.05, 4.69) is 6.07 Å². The van der Waals surface area contributed by atoms with Gasteiger partial charge in [0.2, 0.25) is 5.91 Å². The third-order valence-corrected chi connectivity index (χ3v) is 3.94. The Labute approximate surface area is 91.1 Å². The molecule has 82 valence electrons. The van der Waals surface area contributed by atoms with Crippen LogP contribution in [0, 0.1) is 29.1 Å². The van der Waals surface area contributed by atoms with Crippen molar-refractivity contribution in [2.75, 3.05) is 13.6 Å². The van der Waals surface area contributed by atoms with Gasteiger partial charge in [0.15, 0.2) is 0 Å². The molecule has 1 amide bonds. The largest absolute Gasteiger partial charge is 0.345 e. The molecule has 0 N–H and O–H groups in total. The van der Waals surface area contributed by atoms with E-state index in [1.807, 2.05) is 7.05 Å². The fourth-order valence-electron chi connectivity index (χ4n) is 2.72. The van der Waals surface area contributed by atoms with E-state index in [0.29, 0.717) is 5.92 Å². The molecule has 2 rings (SSSR count). The molecule has 1 saturated heterocycles. The van der Waals surface area contributed by atoms with Crippen LogP contribution < -0.4 is 0 Å². The Bertz CT molecular complexity index is 290. The number of hydrogen-bond acceptors (Lipinski definition) is 2. The van der Waals surface area contributed by atoms with E-state index < -0.39 is 0 Å². The molecule has 2 aliphatic rings. The van der Waals surface area contributed by atoms with Crippen LogP contribution in [0.5, 0.6) is 0 Å². The predicted octanol–water partition coefficient (Wildman–Crippen LogP) is 1.79. The lowest BCUT2D eigenvalue weighted by Crippen LogP contribution is -2.43. The number of amides is 1. The summed E-state index contributed by atoms with van der Waals surface area (Å²) in [5, 5.41) is 9.20. The SMILES string of the molecule is CN1CCCC(C(C#N)C2CCC2)C1=O. The van der Waals surface area contributed by atoms with Crippen LogP contribution >= 0.6 is 0 Å². The zero-order valence-corrected chi connectivity index (χ0v) is 9.28. The minimum atomic E-state index is -0.0194. The van der Waals surface area contributed by atoms with Gasteiger partial charge in [-0.05, 0) is 31.6 Å². The van der Waals surface area contributed by atoms with Gasteiger partial charge >= 0.3 is 0 Å². The number of hydrogen-bond donors (Lipinski definition) is 0. The smallest absolute Gasteiger partial charge is 0.226 e. The lowest BCUT2D eigenvalue weighted by atomic mass is 9.69. The standard InChI is InChI=1S/C12H18N2O/c1-14-7-3-6-10(12(14)15)11(8-13)9-4-2-5-9/h9-11H,2-7H2,1H3. The summed E-state index contributed by atoms with van der Waals surface area (Å²) in [4.78, 5) is 13.7. The molecule has 1 saturated carbocycles. The van der Waals surface area contributed by atoms with Crippen molar-refractivity contribution in [2.45, 2.75) is 32.1 Å². The van der Waals surface area contributed by atoms with Crippen molar-refractivity contribution in [3.8, 4) is 6.07 Å². The van der Waals surface area contributed by atoms with E-state index in [1.165, 1.54) is 6.42 Å². The van der Waals surface area contributed by atoms with Crippen molar-refractivity contribution < 1.29 is 4.79 Å². The van der Waals surface area contributed by atoms with Gasteiger partial charge in [0.05, 0.1) is 17.9 Å². The van der Waals surface area contributed by atoms with Crippen LogP contribution in [0.3, 0.4) is 0 Å². The Kier molecular flexibility index (Phi) is 2.95. The van der Waals surface area contributed by atoms with Crippen molar-refractivity contribution in [1.29, 1.82) is 5.26 Å². The molecule has 2 atom stereocenters. The molecule has 0 radical (unpaired) electrons. The molecule has 2 unspecified atom stereocenters. The number of carbonyl (C=O) groups excluding carboxylic acids is 1. The highest BCUT2D eigenvalue weighted by atomic mass is 16.2. The molecular formula is C12H18N2O. The van der Waals surface area contributed by atoms with E-state index in [1.54, 1.807) is 4.90 Å². The highest BCUT2D eigenvalue weighted by molar-refractivity contribution is 5.80. The lowest BCUT2D eigenvalue weighted by Gasteiger charge is -2.38. The molecule has 0 aromatic heterocycles. The van der Waals surface area contributed by atoms with Crippen LogP contribution in [0.2, 0.25) is 0 Å². The third kappa shape index (κ3) is 1.86. The van der Waals surface area contributed by atoms with Crippen LogP contribution in [0.25, 0.3) is 0 Å². The second kappa shape index (κ2) is 4.22. The maximum atomic E-state index is 11.9. The van der Waals surface area contributed by atoms with Gasteiger partial charge < -0.3 is 4.90 Å². The minimum absolute atomic E-state index is 0.0148. The fourth-order valence-corrected chi connectivity index (χ4v) is 2.72. The van der Waals surface area contributed by atoms with Gasteiger partial charge in [-0.15, -0.1) is 0 Å². The second-order valence-electron chi connectivity index (χ2n) is 4.85. The number of likely N-dealkylation sites (tertiary alicyclic amines) is 1. The fraction of sp³-hybridized carbons (Fsp3) is 0.833. The molecule has 0 aromatic carbocycles. The van der Waals surface area contributed by atoms with Crippen LogP contribution in [0.15, 0.2) is 0 Å². The molecule has 15 heavy (non-hydrogen) atoms. The van der Waals surface area contributed by atoms with E-state index >= 15 is 0 Å². The van der Waals surface area contributed by atoms with E-state index in [9.17, 15) is 10.1 Å². The van der Waals surface area contributed by atoms with E-state index in [4.69, 9.17) is 0 Å². The molecule has 0 aromatic rings. The predicted molar refractivity (Wildman–Crippen MR) is 56.8 cm³/mol. The molecular weight excluding hydrogens is 188 g/mol. The Balaban J connectivity index is 2.06. The van der Waals surface area contributed by atoms with Crippen LogP contribution in [0.4, 0.5) is 0 Å².